The van der Waals surface area contributed by atoms with Gasteiger partial charge in [0.25, 0.3) is 0 Å². The van der Waals surface area contributed by atoms with Gasteiger partial charge in [-0.1, -0.05) is 25.4 Å². The van der Waals surface area contributed by atoms with E-state index in [4.69, 9.17) is 29.6 Å². The quantitative estimate of drug-likeness (QED) is 0.851. The average Bonchev–Trinajstić information content (AvgIpc) is 2.54. The number of aromatic nitrogens is 2. The van der Waals surface area contributed by atoms with Gasteiger partial charge in [-0.15, -0.1) is 0 Å². The van der Waals surface area contributed by atoms with Gasteiger partial charge in [-0.25, -0.2) is 0 Å². The molecule has 18 heavy (non-hydrogen) atoms. The lowest BCUT2D eigenvalue weighted by molar-refractivity contribution is -0.122. The molecule has 0 spiro atoms. The number of benzene rings is 1. The number of aromatic amines is 1. The maximum atomic E-state index is 11.6. The lowest BCUT2D eigenvalue weighted by atomic mass is 10.0. The van der Waals surface area contributed by atoms with Crippen molar-refractivity contribution < 1.29 is 4.79 Å². The van der Waals surface area contributed by atoms with Crippen LogP contribution >= 0.6 is 23.8 Å². The van der Waals surface area contributed by atoms with Crippen molar-refractivity contribution in [3.63, 3.8) is 0 Å². The van der Waals surface area contributed by atoms with Crippen LogP contribution in [0.4, 0.5) is 0 Å². The molecule has 6 heteroatoms. The molecule has 0 saturated carbocycles. The molecule has 4 nitrogen and oxygen atoms in total. The minimum absolute atomic E-state index is 0.0591. The highest BCUT2D eigenvalue weighted by molar-refractivity contribution is 7.71. The summed E-state index contributed by atoms with van der Waals surface area (Å²) in [6, 6.07) is 4.91. The largest absolute Gasteiger partial charge is 0.368 e. The van der Waals surface area contributed by atoms with Gasteiger partial charge < -0.3 is 15.3 Å². The monoisotopic (exact) mass is 283 g/mol. The minimum Gasteiger partial charge on any atom is -0.368 e. The Labute approximate surface area is 115 Å². The summed E-state index contributed by atoms with van der Waals surface area (Å²) in [5.74, 6) is -0.333. The van der Waals surface area contributed by atoms with Crippen LogP contribution in [0.3, 0.4) is 0 Å². The van der Waals surface area contributed by atoms with E-state index in [9.17, 15) is 4.79 Å². The molecule has 2 aromatic rings. The Hall–Kier alpha value is -1.33. The van der Waals surface area contributed by atoms with Crippen molar-refractivity contribution >= 4 is 40.8 Å². The third kappa shape index (κ3) is 2.15. The number of fused-ring (bicyclic) bond motifs is 1. The molecule has 0 bridgehead atoms. The summed E-state index contributed by atoms with van der Waals surface area (Å²) in [6.07, 6.45) is 0. The highest BCUT2D eigenvalue weighted by Crippen LogP contribution is 2.26. The SMILES string of the molecule is CC(C)C(C(N)=O)n1c(=S)[nH]c2cc(Cl)ccc21. The molecule has 1 atom stereocenters. The van der Waals surface area contributed by atoms with Crippen molar-refractivity contribution in [1.29, 1.82) is 0 Å². The fourth-order valence-electron chi connectivity index (χ4n) is 2.13. The topological polar surface area (TPSA) is 63.8 Å². The second kappa shape index (κ2) is 4.74. The molecule has 1 aromatic carbocycles. The Morgan fingerprint density at radius 3 is 2.72 bits per heavy atom. The third-order valence-corrected chi connectivity index (χ3v) is 3.41. The smallest absolute Gasteiger partial charge is 0.240 e. The number of hydrogen-bond acceptors (Lipinski definition) is 2. The van der Waals surface area contributed by atoms with Crippen LogP contribution in [0, 0.1) is 10.7 Å². The van der Waals surface area contributed by atoms with Crippen LogP contribution in [0.25, 0.3) is 11.0 Å². The number of nitrogens with two attached hydrogens (primary N) is 1. The number of carbonyl (C=O) groups excluding carboxylic acids is 1. The number of rotatable bonds is 3. The molecule has 96 valence electrons. The predicted octanol–water partition coefficient (Wildman–Crippen LogP) is 3.03. The first-order valence-corrected chi connectivity index (χ1v) is 6.39. The van der Waals surface area contributed by atoms with Gasteiger partial charge in [0.15, 0.2) is 4.77 Å². The zero-order chi connectivity index (χ0) is 13.4. The summed E-state index contributed by atoms with van der Waals surface area (Å²) in [7, 11) is 0. The zero-order valence-electron chi connectivity index (χ0n) is 10.1. The standard InChI is InChI=1S/C12H14ClN3OS/c1-6(2)10(11(14)17)16-9-4-3-7(13)5-8(9)15-12(16)18/h3-6,10H,1-2H3,(H2,14,17)(H,15,18). The van der Waals surface area contributed by atoms with E-state index >= 15 is 0 Å². The van der Waals surface area contributed by atoms with E-state index in [0.717, 1.165) is 11.0 Å². The second-order valence-electron chi connectivity index (χ2n) is 4.55. The van der Waals surface area contributed by atoms with Gasteiger partial charge in [0.1, 0.15) is 6.04 Å². The number of nitrogens with one attached hydrogen (secondary N) is 1. The Bertz CT molecular complexity index is 659. The molecule has 1 unspecified atom stereocenters. The molecule has 2 rings (SSSR count). The van der Waals surface area contributed by atoms with Gasteiger partial charge in [-0.05, 0) is 36.3 Å². The summed E-state index contributed by atoms with van der Waals surface area (Å²) in [6.45, 7) is 3.87. The third-order valence-electron chi connectivity index (χ3n) is 2.88. The number of amides is 1. The van der Waals surface area contributed by atoms with Crippen molar-refractivity contribution in [2.24, 2.45) is 11.7 Å². The number of halogens is 1. The minimum atomic E-state index is -0.465. The maximum absolute atomic E-state index is 11.6. The van der Waals surface area contributed by atoms with Crippen LogP contribution in [0.2, 0.25) is 5.02 Å². The van der Waals surface area contributed by atoms with Crippen LogP contribution in [-0.4, -0.2) is 15.5 Å². The summed E-state index contributed by atoms with van der Waals surface area (Å²) in [5.41, 5.74) is 7.11. The van der Waals surface area contributed by atoms with Crippen LogP contribution in [0.1, 0.15) is 19.9 Å². The Kier molecular flexibility index (Phi) is 3.45. The van der Waals surface area contributed by atoms with E-state index in [1.807, 2.05) is 19.9 Å². The number of primary amides is 1. The van der Waals surface area contributed by atoms with Crippen molar-refractivity contribution in [3.05, 3.63) is 28.0 Å². The molecule has 1 heterocycles. The van der Waals surface area contributed by atoms with Gasteiger partial charge in [-0.2, -0.15) is 0 Å². The molecule has 0 aliphatic rings. The second-order valence-corrected chi connectivity index (χ2v) is 5.38. The van der Waals surface area contributed by atoms with Gasteiger partial charge in [0.05, 0.1) is 11.0 Å². The molecule has 1 aromatic heterocycles. The number of carbonyl (C=O) groups is 1. The molecular weight excluding hydrogens is 270 g/mol. The highest BCUT2D eigenvalue weighted by Gasteiger charge is 2.24. The fourth-order valence-corrected chi connectivity index (χ4v) is 2.63. The van der Waals surface area contributed by atoms with Crippen molar-refractivity contribution in [3.8, 4) is 0 Å². The van der Waals surface area contributed by atoms with E-state index in [1.165, 1.54) is 0 Å². The lowest BCUT2D eigenvalue weighted by Gasteiger charge is -2.19. The van der Waals surface area contributed by atoms with Crippen molar-refractivity contribution in [2.45, 2.75) is 19.9 Å². The molecule has 0 fully saturated rings. The van der Waals surface area contributed by atoms with E-state index in [-0.39, 0.29) is 5.92 Å². The molecule has 3 N–H and O–H groups in total. The molecule has 0 radical (unpaired) electrons. The van der Waals surface area contributed by atoms with E-state index in [2.05, 4.69) is 4.98 Å². The van der Waals surface area contributed by atoms with Crippen LogP contribution in [-0.2, 0) is 4.79 Å². The summed E-state index contributed by atoms with van der Waals surface area (Å²) >= 11 is 11.2. The van der Waals surface area contributed by atoms with Crippen LogP contribution < -0.4 is 5.73 Å². The Balaban J connectivity index is 2.73. The maximum Gasteiger partial charge on any atom is 0.240 e. The Morgan fingerprint density at radius 1 is 1.50 bits per heavy atom. The molecular formula is C12H14ClN3OS. The predicted molar refractivity (Wildman–Crippen MR) is 75.2 cm³/mol. The zero-order valence-corrected chi connectivity index (χ0v) is 11.7. The molecule has 0 aliphatic heterocycles. The lowest BCUT2D eigenvalue weighted by Crippen LogP contribution is -2.30. The van der Waals surface area contributed by atoms with Crippen LogP contribution in [0.5, 0.6) is 0 Å². The fraction of sp³-hybridized carbons (Fsp3) is 0.333. The normalized spacial score (nSPS) is 13.1. The average molecular weight is 284 g/mol. The number of nitrogens with zero attached hydrogens (tertiary/aromatic N) is 1. The van der Waals surface area contributed by atoms with Gasteiger partial charge in [0.2, 0.25) is 5.91 Å². The number of H-pyrrole nitrogens is 1. The number of hydrogen-bond donors (Lipinski definition) is 2. The van der Waals surface area contributed by atoms with Crippen molar-refractivity contribution in [2.75, 3.05) is 0 Å². The first-order chi connectivity index (χ1) is 8.41. The van der Waals surface area contributed by atoms with E-state index in [0.29, 0.717) is 9.79 Å². The molecule has 0 aliphatic carbocycles. The van der Waals surface area contributed by atoms with Crippen LogP contribution in [0.15, 0.2) is 18.2 Å². The van der Waals surface area contributed by atoms with Crippen molar-refractivity contribution in [1.82, 2.24) is 9.55 Å². The highest BCUT2D eigenvalue weighted by atomic mass is 35.5. The van der Waals surface area contributed by atoms with E-state index < -0.39 is 11.9 Å². The summed E-state index contributed by atoms with van der Waals surface area (Å²) in [4.78, 5) is 14.7. The van der Waals surface area contributed by atoms with Gasteiger partial charge in [0, 0.05) is 5.02 Å². The first-order valence-electron chi connectivity index (χ1n) is 5.61. The summed E-state index contributed by atoms with van der Waals surface area (Å²) in [5, 5.41) is 0.617. The Morgan fingerprint density at radius 2 is 2.17 bits per heavy atom. The van der Waals surface area contributed by atoms with E-state index in [1.54, 1.807) is 16.7 Å². The molecule has 1 amide bonds. The number of imidazole rings is 1. The van der Waals surface area contributed by atoms with Gasteiger partial charge in [-0.3, -0.25) is 4.79 Å². The first kappa shape index (κ1) is 13.1. The molecule has 0 saturated heterocycles. The van der Waals surface area contributed by atoms with Gasteiger partial charge >= 0.3 is 0 Å². The summed E-state index contributed by atoms with van der Waals surface area (Å²) < 4.78 is 2.23.